The van der Waals surface area contributed by atoms with Gasteiger partial charge in [0.05, 0.1) is 4.91 Å². The molecule has 0 aliphatic heterocycles. The van der Waals surface area contributed by atoms with Crippen molar-refractivity contribution in [2.45, 2.75) is 12.0 Å². The van der Waals surface area contributed by atoms with Gasteiger partial charge in [0.15, 0.2) is 0 Å². The Labute approximate surface area is 80.5 Å². The van der Waals surface area contributed by atoms with Crippen LogP contribution in [0.2, 0.25) is 0 Å². The van der Waals surface area contributed by atoms with Gasteiger partial charge in [-0.15, -0.1) is 0 Å². The standard InChI is InChI=1S/C7H9NO5S/c8-7(6(9)10)3-1-5(2-4-7)14(11,12)13/h1-3H,4,8H2,(H,9,10)(H,11,12,13). The van der Waals surface area contributed by atoms with Crippen LogP contribution < -0.4 is 5.73 Å². The summed E-state index contributed by atoms with van der Waals surface area (Å²) in [7, 11) is -4.28. The number of carboxylic acid groups (broad SMARTS) is 1. The molecule has 1 atom stereocenters. The molecule has 0 heterocycles. The first kappa shape index (κ1) is 10.9. The number of rotatable bonds is 2. The highest BCUT2D eigenvalue weighted by Crippen LogP contribution is 2.21. The molecule has 0 bridgehead atoms. The lowest BCUT2D eigenvalue weighted by Crippen LogP contribution is -2.46. The fourth-order valence-corrected chi connectivity index (χ4v) is 1.52. The molecule has 0 fully saturated rings. The molecule has 0 aromatic heterocycles. The van der Waals surface area contributed by atoms with Gasteiger partial charge in [0, 0.05) is 0 Å². The van der Waals surface area contributed by atoms with Crippen molar-refractivity contribution >= 4 is 16.1 Å². The zero-order chi connectivity index (χ0) is 11.0. The Kier molecular flexibility index (Phi) is 2.49. The normalized spacial score (nSPS) is 27.1. The van der Waals surface area contributed by atoms with E-state index in [0.29, 0.717) is 0 Å². The Balaban J connectivity index is 2.98. The number of carbonyl (C=O) groups is 1. The second-order valence-electron chi connectivity index (χ2n) is 2.96. The van der Waals surface area contributed by atoms with Gasteiger partial charge < -0.3 is 10.8 Å². The second kappa shape index (κ2) is 3.19. The third-order valence-corrected chi connectivity index (χ3v) is 2.78. The van der Waals surface area contributed by atoms with E-state index in [4.69, 9.17) is 15.4 Å². The van der Waals surface area contributed by atoms with Gasteiger partial charge in [0.2, 0.25) is 0 Å². The number of aliphatic carboxylic acids is 1. The molecule has 4 N–H and O–H groups in total. The molecule has 1 unspecified atom stereocenters. The zero-order valence-corrected chi connectivity index (χ0v) is 7.86. The van der Waals surface area contributed by atoms with Crippen LogP contribution in [0.5, 0.6) is 0 Å². The molecule has 1 aliphatic carbocycles. The van der Waals surface area contributed by atoms with E-state index in [2.05, 4.69) is 0 Å². The minimum atomic E-state index is -4.28. The topological polar surface area (TPSA) is 118 Å². The number of allylic oxidation sites excluding steroid dienone is 1. The van der Waals surface area contributed by atoms with Crippen molar-refractivity contribution in [3.63, 3.8) is 0 Å². The van der Waals surface area contributed by atoms with Crippen molar-refractivity contribution in [3.8, 4) is 0 Å². The predicted molar refractivity (Wildman–Crippen MR) is 47.9 cm³/mol. The average molecular weight is 219 g/mol. The molecule has 1 aliphatic rings. The van der Waals surface area contributed by atoms with Crippen LogP contribution in [0.4, 0.5) is 0 Å². The Bertz CT molecular complexity index is 421. The summed E-state index contributed by atoms with van der Waals surface area (Å²) in [5.41, 5.74) is 3.81. The lowest BCUT2D eigenvalue weighted by molar-refractivity contribution is -0.141. The summed E-state index contributed by atoms with van der Waals surface area (Å²) in [6.07, 6.45) is 2.92. The Hall–Kier alpha value is -1.18. The van der Waals surface area contributed by atoms with Crippen molar-refractivity contribution in [3.05, 3.63) is 23.1 Å². The van der Waals surface area contributed by atoms with Crippen molar-refractivity contribution in [2.75, 3.05) is 0 Å². The highest BCUT2D eigenvalue weighted by atomic mass is 32.2. The van der Waals surface area contributed by atoms with Crippen molar-refractivity contribution in [1.82, 2.24) is 0 Å². The van der Waals surface area contributed by atoms with E-state index in [9.17, 15) is 13.2 Å². The van der Waals surface area contributed by atoms with E-state index in [0.717, 1.165) is 18.2 Å². The minimum absolute atomic E-state index is 0.173. The molecule has 6 nitrogen and oxygen atoms in total. The van der Waals surface area contributed by atoms with E-state index < -0.39 is 21.6 Å². The largest absolute Gasteiger partial charge is 0.480 e. The lowest BCUT2D eigenvalue weighted by Gasteiger charge is -2.21. The van der Waals surface area contributed by atoms with E-state index >= 15 is 0 Å². The number of hydrogen-bond donors (Lipinski definition) is 3. The van der Waals surface area contributed by atoms with Gasteiger partial charge >= 0.3 is 5.97 Å². The minimum Gasteiger partial charge on any atom is -0.480 e. The zero-order valence-electron chi connectivity index (χ0n) is 7.04. The molecule has 1 rings (SSSR count). The fourth-order valence-electron chi connectivity index (χ4n) is 0.986. The molecule has 0 aromatic carbocycles. The summed E-state index contributed by atoms with van der Waals surface area (Å²) in [6, 6.07) is 0. The van der Waals surface area contributed by atoms with Crippen LogP contribution in [0.1, 0.15) is 6.42 Å². The Morgan fingerprint density at radius 1 is 1.57 bits per heavy atom. The van der Waals surface area contributed by atoms with Crippen LogP contribution in [-0.4, -0.2) is 29.6 Å². The molecule has 7 heteroatoms. The van der Waals surface area contributed by atoms with Crippen LogP contribution in [0.25, 0.3) is 0 Å². The van der Waals surface area contributed by atoms with Crippen molar-refractivity contribution < 1.29 is 22.9 Å². The summed E-state index contributed by atoms with van der Waals surface area (Å²) in [5, 5.41) is 8.67. The predicted octanol–water partition coefficient (Wildman–Crippen LogP) is -0.500. The van der Waals surface area contributed by atoms with Gasteiger partial charge in [-0.05, 0) is 12.5 Å². The second-order valence-corrected chi connectivity index (χ2v) is 4.39. The molecule has 0 aromatic rings. The van der Waals surface area contributed by atoms with Gasteiger partial charge in [0.1, 0.15) is 5.54 Å². The smallest absolute Gasteiger partial charge is 0.328 e. The lowest BCUT2D eigenvalue weighted by atomic mass is 9.93. The first-order valence-corrected chi connectivity index (χ1v) is 5.09. The van der Waals surface area contributed by atoms with Crippen LogP contribution in [-0.2, 0) is 14.9 Å². The van der Waals surface area contributed by atoms with Crippen LogP contribution >= 0.6 is 0 Å². The van der Waals surface area contributed by atoms with Crippen LogP contribution in [0.3, 0.4) is 0 Å². The molecular weight excluding hydrogens is 210 g/mol. The maximum atomic E-state index is 10.6. The number of carboxylic acids is 1. The third kappa shape index (κ3) is 2.00. The monoisotopic (exact) mass is 219 g/mol. The molecule has 14 heavy (non-hydrogen) atoms. The van der Waals surface area contributed by atoms with Crippen LogP contribution in [0, 0.1) is 0 Å². The highest BCUT2D eigenvalue weighted by molar-refractivity contribution is 7.90. The summed E-state index contributed by atoms with van der Waals surface area (Å²) >= 11 is 0. The summed E-state index contributed by atoms with van der Waals surface area (Å²) in [5.74, 6) is -1.25. The number of hydrogen-bond acceptors (Lipinski definition) is 4. The maximum Gasteiger partial charge on any atom is 0.328 e. The van der Waals surface area contributed by atoms with Gasteiger partial charge in [-0.2, -0.15) is 8.42 Å². The first-order chi connectivity index (χ1) is 6.26. The van der Waals surface area contributed by atoms with Gasteiger partial charge in [-0.1, -0.05) is 12.2 Å². The average Bonchev–Trinajstić information content (AvgIpc) is 2.03. The van der Waals surface area contributed by atoms with E-state index in [-0.39, 0.29) is 11.3 Å². The van der Waals surface area contributed by atoms with E-state index in [1.807, 2.05) is 0 Å². The van der Waals surface area contributed by atoms with Crippen molar-refractivity contribution in [1.29, 1.82) is 0 Å². The number of nitrogens with two attached hydrogens (primary N) is 1. The molecule has 78 valence electrons. The summed E-state index contributed by atoms with van der Waals surface area (Å²) in [4.78, 5) is 10.3. The highest BCUT2D eigenvalue weighted by Gasteiger charge is 2.33. The molecule has 0 radical (unpaired) electrons. The summed E-state index contributed by atoms with van der Waals surface area (Å²) in [6.45, 7) is 0. The van der Waals surface area contributed by atoms with Gasteiger partial charge in [-0.3, -0.25) is 4.55 Å². The maximum absolute atomic E-state index is 10.6. The molecular formula is C7H9NO5S. The Morgan fingerprint density at radius 2 is 2.14 bits per heavy atom. The quantitative estimate of drug-likeness (QED) is 0.539. The van der Waals surface area contributed by atoms with Crippen LogP contribution in [0.15, 0.2) is 23.1 Å². The third-order valence-electron chi connectivity index (χ3n) is 1.88. The van der Waals surface area contributed by atoms with Gasteiger partial charge in [0.25, 0.3) is 10.1 Å². The Morgan fingerprint density at radius 3 is 2.43 bits per heavy atom. The van der Waals surface area contributed by atoms with Crippen molar-refractivity contribution in [2.24, 2.45) is 5.73 Å². The van der Waals surface area contributed by atoms with E-state index in [1.54, 1.807) is 0 Å². The van der Waals surface area contributed by atoms with E-state index in [1.165, 1.54) is 0 Å². The molecule has 0 amide bonds. The fraction of sp³-hybridized carbons (Fsp3) is 0.286. The van der Waals surface area contributed by atoms with Gasteiger partial charge in [-0.25, -0.2) is 4.79 Å². The summed E-state index contributed by atoms with van der Waals surface area (Å²) < 4.78 is 29.8. The molecule has 0 spiro atoms. The SMILES string of the molecule is NC1(C(=O)O)C=CC(S(=O)(=O)O)=CC1. The molecule has 0 saturated heterocycles. The first-order valence-electron chi connectivity index (χ1n) is 3.65. The molecule has 0 saturated carbocycles.